The van der Waals surface area contributed by atoms with Gasteiger partial charge >= 0.3 is 0 Å². The van der Waals surface area contributed by atoms with Crippen molar-refractivity contribution in [3.8, 4) is 22.3 Å². The molecule has 8 heteroatoms. The highest BCUT2D eigenvalue weighted by Gasteiger charge is 2.18. The van der Waals surface area contributed by atoms with Crippen LogP contribution in [-0.2, 0) is 15.6 Å². The van der Waals surface area contributed by atoms with Crippen molar-refractivity contribution in [3.63, 3.8) is 0 Å². The molecular formula is C20H20ClN3O3S. The van der Waals surface area contributed by atoms with E-state index in [1.807, 2.05) is 18.2 Å². The maximum absolute atomic E-state index is 11.4. The van der Waals surface area contributed by atoms with Crippen LogP contribution >= 0.6 is 11.6 Å². The number of aromatic nitrogens is 2. The summed E-state index contributed by atoms with van der Waals surface area (Å²) in [5.41, 5.74) is 3.14. The molecule has 0 amide bonds. The van der Waals surface area contributed by atoms with Crippen molar-refractivity contribution in [3.05, 3.63) is 65.7 Å². The number of nitrogens with one attached hydrogen (secondary N) is 1. The minimum atomic E-state index is -3.38. The maximum Gasteiger partial charge on any atom is 0.229 e. The summed E-state index contributed by atoms with van der Waals surface area (Å²) in [6.07, 6.45) is 6.14. The molecule has 0 saturated carbocycles. The molecule has 3 aromatic rings. The van der Waals surface area contributed by atoms with E-state index in [0.29, 0.717) is 16.4 Å². The van der Waals surface area contributed by atoms with Crippen LogP contribution in [0.4, 0.5) is 5.69 Å². The average Bonchev–Trinajstić information content (AvgIpc) is 2.60. The molecule has 0 aliphatic rings. The summed E-state index contributed by atoms with van der Waals surface area (Å²) < 4.78 is 25.2. The third-order valence-electron chi connectivity index (χ3n) is 4.04. The number of nitrogens with zero attached hydrogens (tertiary/aromatic N) is 2. The molecule has 0 aliphatic carbocycles. The Morgan fingerprint density at radius 3 is 2.39 bits per heavy atom. The van der Waals surface area contributed by atoms with Crippen LogP contribution in [0.1, 0.15) is 19.5 Å². The number of hydrogen-bond donors (Lipinski definition) is 2. The third-order valence-corrected chi connectivity index (χ3v) is 4.96. The smallest absolute Gasteiger partial charge is 0.229 e. The molecule has 0 radical (unpaired) electrons. The molecule has 0 aliphatic heterocycles. The number of sulfonamides is 1. The molecular weight excluding hydrogens is 398 g/mol. The van der Waals surface area contributed by atoms with E-state index in [2.05, 4.69) is 14.7 Å². The monoisotopic (exact) mass is 417 g/mol. The molecule has 146 valence electrons. The Morgan fingerprint density at radius 1 is 1.04 bits per heavy atom. The minimum Gasteiger partial charge on any atom is -0.384 e. The second-order valence-electron chi connectivity index (χ2n) is 7.02. The Balaban J connectivity index is 1.99. The lowest BCUT2D eigenvalue weighted by atomic mass is 9.98. The van der Waals surface area contributed by atoms with Crippen LogP contribution < -0.4 is 4.72 Å². The van der Waals surface area contributed by atoms with Crippen molar-refractivity contribution >= 4 is 27.3 Å². The van der Waals surface area contributed by atoms with Crippen molar-refractivity contribution in [1.82, 2.24) is 9.97 Å². The summed E-state index contributed by atoms with van der Waals surface area (Å²) in [5, 5.41) is 10.6. The first-order valence-corrected chi connectivity index (χ1v) is 10.7. The van der Waals surface area contributed by atoms with Crippen LogP contribution in [-0.4, -0.2) is 29.7 Å². The molecule has 6 nitrogen and oxygen atoms in total. The van der Waals surface area contributed by atoms with E-state index in [4.69, 9.17) is 11.6 Å². The van der Waals surface area contributed by atoms with Gasteiger partial charge in [0.25, 0.3) is 0 Å². The fraction of sp³-hybridized carbons (Fsp3) is 0.200. The Labute approximate surface area is 169 Å². The van der Waals surface area contributed by atoms with Gasteiger partial charge in [0.2, 0.25) is 10.0 Å². The summed E-state index contributed by atoms with van der Waals surface area (Å²) in [7, 11) is -3.38. The van der Waals surface area contributed by atoms with Crippen molar-refractivity contribution in [1.29, 1.82) is 0 Å². The van der Waals surface area contributed by atoms with E-state index in [9.17, 15) is 13.5 Å². The highest BCUT2D eigenvalue weighted by molar-refractivity contribution is 7.92. The number of halogens is 1. The SMILES string of the molecule is CC(C)(O)c1cc(-c2cncc(-c3ccc(NS(C)(=O)=O)cc3Cl)c2)ccn1. The standard InChI is InChI=1S/C20H20ClN3O3S/c1-20(2,25)19-9-13(6-7-23-19)14-8-15(12-22-11-14)17-5-4-16(10-18(17)21)24-28(3,26)27/h4-12,24-25H,1-3H3. The highest BCUT2D eigenvalue weighted by Crippen LogP contribution is 2.33. The number of hydrogen-bond acceptors (Lipinski definition) is 5. The average molecular weight is 418 g/mol. The van der Waals surface area contributed by atoms with Gasteiger partial charge in [-0.05, 0) is 49.7 Å². The van der Waals surface area contributed by atoms with Gasteiger partial charge in [0.1, 0.15) is 5.60 Å². The Morgan fingerprint density at radius 2 is 1.75 bits per heavy atom. The zero-order chi connectivity index (χ0) is 20.5. The second kappa shape index (κ2) is 7.50. The zero-order valence-corrected chi connectivity index (χ0v) is 17.2. The fourth-order valence-corrected chi connectivity index (χ4v) is 3.56. The largest absolute Gasteiger partial charge is 0.384 e. The highest BCUT2D eigenvalue weighted by atomic mass is 35.5. The van der Waals surface area contributed by atoms with E-state index in [0.717, 1.165) is 28.5 Å². The van der Waals surface area contributed by atoms with E-state index in [1.165, 1.54) is 0 Å². The van der Waals surface area contributed by atoms with Gasteiger partial charge in [-0.1, -0.05) is 17.7 Å². The fourth-order valence-electron chi connectivity index (χ4n) is 2.72. The van der Waals surface area contributed by atoms with E-state index >= 15 is 0 Å². The molecule has 0 atom stereocenters. The predicted octanol–water partition coefficient (Wildman–Crippen LogP) is 4.06. The molecule has 0 fully saturated rings. The first-order valence-electron chi connectivity index (χ1n) is 8.45. The van der Waals surface area contributed by atoms with Crippen molar-refractivity contribution in [2.45, 2.75) is 19.4 Å². The molecule has 2 heterocycles. The number of aliphatic hydroxyl groups is 1. The van der Waals surface area contributed by atoms with E-state index in [1.54, 1.807) is 50.6 Å². The van der Waals surface area contributed by atoms with Gasteiger partial charge in [0.15, 0.2) is 0 Å². The van der Waals surface area contributed by atoms with Crippen LogP contribution in [0.15, 0.2) is 55.0 Å². The Kier molecular flexibility index (Phi) is 5.43. The van der Waals surface area contributed by atoms with Gasteiger partial charge in [-0.3, -0.25) is 14.7 Å². The molecule has 2 N–H and O–H groups in total. The molecule has 0 spiro atoms. The number of rotatable bonds is 5. The van der Waals surface area contributed by atoms with E-state index in [-0.39, 0.29) is 0 Å². The second-order valence-corrected chi connectivity index (χ2v) is 9.18. The lowest BCUT2D eigenvalue weighted by Gasteiger charge is -2.17. The summed E-state index contributed by atoms with van der Waals surface area (Å²) in [6, 6.07) is 10.5. The molecule has 28 heavy (non-hydrogen) atoms. The summed E-state index contributed by atoms with van der Waals surface area (Å²) in [5.74, 6) is 0. The molecule has 2 aromatic heterocycles. The topological polar surface area (TPSA) is 92.2 Å². The van der Waals surface area contributed by atoms with Gasteiger partial charge in [0.05, 0.1) is 17.0 Å². The predicted molar refractivity (Wildman–Crippen MR) is 112 cm³/mol. The Hall–Kier alpha value is -2.48. The first kappa shape index (κ1) is 20.3. The molecule has 1 aromatic carbocycles. The van der Waals surface area contributed by atoms with E-state index < -0.39 is 15.6 Å². The summed E-state index contributed by atoms with van der Waals surface area (Å²) >= 11 is 6.37. The molecule has 0 unspecified atom stereocenters. The normalized spacial score (nSPS) is 12.0. The van der Waals surface area contributed by atoms with Gasteiger partial charge < -0.3 is 5.11 Å². The van der Waals surface area contributed by atoms with Gasteiger partial charge in [-0.15, -0.1) is 0 Å². The van der Waals surface area contributed by atoms with Gasteiger partial charge in [0, 0.05) is 41.0 Å². The van der Waals surface area contributed by atoms with Crippen molar-refractivity contribution in [2.24, 2.45) is 0 Å². The van der Waals surface area contributed by atoms with Gasteiger partial charge in [-0.25, -0.2) is 8.42 Å². The zero-order valence-electron chi connectivity index (χ0n) is 15.6. The number of anilines is 1. The molecule has 3 rings (SSSR count). The Bertz CT molecular complexity index is 1130. The van der Waals surface area contributed by atoms with Crippen molar-refractivity contribution in [2.75, 3.05) is 11.0 Å². The van der Waals surface area contributed by atoms with Crippen LogP contribution in [0.3, 0.4) is 0 Å². The third kappa shape index (κ3) is 4.86. The summed E-state index contributed by atoms with van der Waals surface area (Å²) in [6.45, 7) is 3.36. The quantitative estimate of drug-likeness (QED) is 0.653. The van der Waals surface area contributed by atoms with Crippen LogP contribution in [0.5, 0.6) is 0 Å². The van der Waals surface area contributed by atoms with Gasteiger partial charge in [-0.2, -0.15) is 0 Å². The number of pyridine rings is 2. The summed E-state index contributed by atoms with van der Waals surface area (Å²) in [4.78, 5) is 8.52. The van der Waals surface area contributed by atoms with Crippen LogP contribution in [0.25, 0.3) is 22.3 Å². The minimum absolute atomic E-state index is 0.393. The lowest BCUT2D eigenvalue weighted by Crippen LogP contribution is -2.17. The van der Waals surface area contributed by atoms with Crippen LogP contribution in [0, 0.1) is 0 Å². The molecule has 0 saturated heterocycles. The maximum atomic E-state index is 11.4. The van der Waals surface area contributed by atoms with Crippen molar-refractivity contribution < 1.29 is 13.5 Å². The lowest BCUT2D eigenvalue weighted by molar-refractivity contribution is 0.0739. The van der Waals surface area contributed by atoms with Crippen LogP contribution in [0.2, 0.25) is 5.02 Å². The first-order chi connectivity index (χ1) is 13.0. The molecule has 0 bridgehead atoms. The number of benzene rings is 1.